The molecule has 5 heteroatoms. The molecule has 0 amide bonds. The van der Waals surface area contributed by atoms with Gasteiger partial charge in [0.25, 0.3) is 0 Å². The van der Waals surface area contributed by atoms with E-state index >= 15 is 0 Å². The Morgan fingerprint density at radius 3 is 2.71 bits per heavy atom. The highest BCUT2D eigenvalue weighted by Gasteiger charge is 2.32. The molecule has 0 N–H and O–H groups in total. The molecule has 0 saturated heterocycles. The van der Waals surface area contributed by atoms with Gasteiger partial charge in [-0.25, -0.2) is 0 Å². The summed E-state index contributed by atoms with van der Waals surface area (Å²) >= 11 is 5.10. The van der Waals surface area contributed by atoms with E-state index in [9.17, 15) is 0 Å². The minimum absolute atomic E-state index is 0.200. The quantitative estimate of drug-likeness (QED) is 0.600. The summed E-state index contributed by atoms with van der Waals surface area (Å²) in [5.74, 6) is 0.774. The third-order valence-corrected chi connectivity index (χ3v) is 4.00. The average molecular weight is 297 g/mol. The lowest BCUT2D eigenvalue weighted by atomic mass is 9.83. The summed E-state index contributed by atoms with van der Waals surface area (Å²) in [6, 6.07) is 12.0. The van der Waals surface area contributed by atoms with E-state index in [0.29, 0.717) is 5.69 Å². The second kappa shape index (κ2) is 4.61. The van der Waals surface area contributed by atoms with E-state index in [1.165, 1.54) is 4.14 Å². The SMILES string of the molecule is Cn1c(C#N)ccc1-c1ccc2c(c1)C(C)(C)C=[N+]([S-])O2. The smallest absolute Gasteiger partial charge is 0.206 e. The number of nitriles is 1. The lowest BCUT2D eigenvalue weighted by Gasteiger charge is -2.26. The molecule has 1 aromatic carbocycles. The molecule has 1 aromatic heterocycles. The third-order valence-electron chi connectivity index (χ3n) is 3.82. The molecule has 1 aliphatic rings. The monoisotopic (exact) mass is 297 g/mol. The molecule has 0 aliphatic carbocycles. The van der Waals surface area contributed by atoms with E-state index < -0.39 is 0 Å². The second-order valence-electron chi connectivity index (χ2n) is 5.71. The Kier molecular flexibility index (Phi) is 2.99. The number of hydrogen-bond acceptors (Lipinski definition) is 3. The van der Waals surface area contributed by atoms with Gasteiger partial charge in [0, 0.05) is 18.3 Å². The van der Waals surface area contributed by atoms with E-state index in [1.54, 1.807) is 0 Å². The molecule has 21 heavy (non-hydrogen) atoms. The van der Waals surface area contributed by atoms with E-state index in [0.717, 1.165) is 22.6 Å². The Bertz CT molecular complexity index is 796. The molecule has 4 nitrogen and oxygen atoms in total. The highest BCUT2D eigenvalue weighted by molar-refractivity contribution is 7.51. The number of aromatic nitrogens is 1. The first-order chi connectivity index (χ1) is 9.92. The van der Waals surface area contributed by atoms with Gasteiger partial charge in [-0.2, -0.15) is 5.26 Å². The van der Waals surface area contributed by atoms with Crippen molar-refractivity contribution >= 4 is 19.0 Å². The fourth-order valence-corrected chi connectivity index (χ4v) is 2.99. The number of nitrogens with zero attached hydrogens (tertiary/aromatic N) is 3. The molecular formula is C16H15N3OS. The predicted molar refractivity (Wildman–Crippen MR) is 82.9 cm³/mol. The van der Waals surface area contributed by atoms with Crippen molar-refractivity contribution in [3.8, 4) is 23.1 Å². The Morgan fingerprint density at radius 2 is 2.05 bits per heavy atom. The first kappa shape index (κ1) is 13.7. The zero-order valence-corrected chi connectivity index (χ0v) is 12.9. The van der Waals surface area contributed by atoms with Crippen molar-refractivity contribution in [1.82, 2.24) is 4.57 Å². The Labute approximate surface area is 129 Å². The summed E-state index contributed by atoms with van der Waals surface area (Å²) in [5, 5.41) is 9.07. The molecule has 0 spiro atoms. The Morgan fingerprint density at radius 1 is 1.29 bits per heavy atom. The van der Waals surface area contributed by atoms with Crippen molar-refractivity contribution in [1.29, 1.82) is 5.26 Å². The lowest BCUT2D eigenvalue weighted by molar-refractivity contribution is -0.611. The summed E-state index contributed by atoms with van der Waals surface area (Å²) in [4.78, 5) is 5.55. The maximum Gasteiger partial charge on any atom is 0.206 e. The fraction of sp³-hybridized carbons (Fsp3) is 0.250. The second-order valence-corrected chi connectivity index (χ2v) is 6.07. The summed E-state index contributed by atoms with van der Waals surface area (Å²) < 4.78 is 3.22. The molecule has 0 saturated carbocycles. The standard InChI is InChI=1S/C16H15N3OS/c1-16(2)10-19(21)20-15-7-4-11(8-13(15)16)14-6-5-12(9-17)18(14)3/h4-8,10H,1-3H3. The van der Waals surface area contributed by atoms with Crippen LogP contribution in [0.5, 0.6) is 5.75 Å². The maximum atomic E-state index is 9.07. The molecule has 0 radical (unpaired) electrons. The zero-order valence-electron chi connectivity index (χ0n) is 12.1. The van der Waals surface area contributed by atoms with Crippen molar-refractivity contribution in [3.05, 3.63) is 41.6 Å². The highest BCUT2D eigenvalue weighted by Crippen LogP contribution is 2.36. The van der Waals surface area contributed by atoms with Gasteiger partial charge in [0.1, 0.15) is 11.8 Å². The first-order valence-corrected chi connectivity index (χ1v) is 7.00. The number of benzene rings is 1. The normalized spacial score (nSPS) is 15.6. The lowest BCUT2D eigenvalue weighted by Crippen LogP contribution is -2.32. The van der Waals surface area contributed by atoms with Gasteiger partial charge in [0.2, 0.25) is 5.75 Å². The predicted octanol–water partition coefficient (Wildman–Crippen LogP) is 2.69. The average Bonchev–Trinajstić information content (AvgIpc) is 2.78. The van der Waals surface area contributed by atoms with Crippen LogP contribution in [0.3, 0.4) is 0 Å². The van der Waals surface area contributed by atoms with Gasteiger partial charge < -0.3 is 17.4 Å². The van der Waals surface area contributed by atoms with Crippen LogP contribution in [0.2, 0.25) is 0 Å². The van der Waals surface area contributed by atoms with Gasteiger partial charge >= 0.3 is 0 Å². The van der Waals surface area contributed by atoms with E-state index in [-0.39, 0.29) is 5.41 Å². The number of hydrogen-bond donors (Lipinski definition) is 0. The van der Waals surface area contributed by atoms with E-state index in [4.69, 9.17) is 22.9 Å². The molecule has 2 heterocycles. The largest absolute Gasteiger partial charge is 0.370 e. The molecule has 0 bridgehead atoms. The maximum absolute atomic E-state index is 9.07. The minimum atomic E-state index is -0.200. The van der Waals surface area contributed by atoms with Crippen molar-refractivity contribution in [2.45, 2.75) is 19.3 Å². The van der Waals surface area contributed by atoms with Crippen LogP contribution >= 0.6 is 0 Å². The summed E-state index contributed by atoms with van der Waals surface area (Å²) in [6.07, 6.45) is 1.88. The summed E-state index contributed by atoms with van der Waals surface area (Å²) in [6.45, 7) is 4.20. The molecule has 2 aromatic rings. The molecule has 0 unspecified atom stereocenters. The molecule has 0 fully saturated rings. The van der Waals surface area contributed by atoms with Gasteiger partial charge in [-0.05, 0) is 49.7 Å². The van der Waals surface area contributed by atoms with Crippen LogP contribution in [0, 0.1) is 11.3 Å². The van der Waals surface area contributed by atoms with Crippen molar-refractivity contribution in [2.75, 3.05) is 0 Å². The van der Waals surface area contributed by atoms with Gasteiger partial charge in [0.15, 0.2) is 6.21 Å². The van der Waals surface area contributed by atoms with Gasteiger partial charge in [0.05, 0.1) is 5.41 Å². The molecule has 106 valence electrons. The highest BCUT2D eigenvalue weighted by atomic mass is 32.1. The number of rotatable bonds is 1. The Balaban J connectivity index is 2.14. The topological polar surface area (TPSA) is 41.0 Å². The minimum Gasteiger partial charge on any atom is -0.370 e. The van der Waals surface area contributed by atoms with Crippen LogP contribution in [0.4, 0.5) is 0 Å². The summed E-state index contributed by atoms with van der Waals surface area (Å²) in [5.41, 5.74) is 3.59. The van der Waals surface area contributed by atoms with E-state index in [1.807, 2.05) is 42.1 Å². The van der Waals surface area contributed by atoms with Crippen LogP contribution in [-0.4, -0.2) is 14.9 Å². The molecule has 1 aliphatic heterocycles. The molecule has 3 rings (SSSR count). The fourth-order valence-electron chi connectivity index (χ4n) is 2.64. The molecule has 0 atom stereocenters. The van der Waals surface area contributed by atoms with Gasteiger partial charge in [-0.1, -0.05) is 0 Å². The zero-order chi connectivity index (χ0) is 15.2. The van der Waals surface area contributed by atoms with Gasteiger partial charge in [-0.15, -0.1) is 4.14 Å². The third kappa shape index (κ3) is 2.18. The molecular weight excluding hydrogens is 282 g/mol. The Hall–Kier alpha value is -2.32. The van der Waals surface area contributed by atoms with Crippen LogP contribution in [0.15, 0.2) is 30.3 Å². The van der Waals surface area contributed by atoms with Gasteiger partial charge in [-0.3, -0.25) is 4.84 Å². The van der Waals surface area contributed by atoms with Crippen LogP contribution in [0.25, 0.3) is 11.3 Å². The first-order valence-electron chi connectivity index (χ1n) is 6.63. The van der Waals surface area contributed by atoms with Crippen LogP contribution < -0.4 is 4.84 Å². The van der Waals surface area contributed by atoms with E-state index in [2.05, 4.69) is 26.0 Å². The van der Waals surface area contributed by atoms with Crippen LogP contribution in [0.1, 0.15) is 25.1 Å². The summed E-state index contributed by atoms with van der Waals surface area (Å²) in [7, 11) is 1.89. The number of fused-ring (bicyclic) bond motifs is 1. The van der Waals surface area contributed by atoms with Crippen LogP contribution in [-0.2, 0) is 25.3 Å². The van der Waals surface area contributed by atoms with Crippen molar-refractivity contribution in [3.63, 3.8) is 0 Å². The van der Waals surface area contributed by atoms with Crippen molar-refractivity contribution in [2.24, 2.45) is 7.05 Å². The van der Waals surface area contributed by atoms with Crippen molar-refractivity contribution < 1.29 is 8.98 Å².